The van der Waals surface area contributed by atoms with Gasteiger partial charge in [0.05, 0.1) is 5.56 Å². The highest BCUT2D eigenvalue weighted by molar-refractivity contribution is 6.17. The zero-order valence-corrected chi connectivity index (χ0v) is 6.51. The lowest BCUT2D eigenvalue weighted by atomic mass is 10.1. The molecule has 1 aromatic rings. The van der Waals surface area contributed by atoms with E-state index in [1.54, 1.807) is 12.3 Å². The highest BCUT2D eigenvalue weighted by Crippen LogP contribution is 2.08. The van der Waals surface area contributed by atoms with E-state index in [0.29, 0.717) is 11.1 Å². The number of nitrogens with two attached hydrogens (primary N) is 1. The van der Waals surface area contributed by atoms with Crippen molar-refractivity contribution in [1.29, 1.82) is 0 Å². The summed E-state index contributed by atoms with van der Waals surface area (Å²) >= 11 is 5.54. The zero-order chi connectivity index (χ0) is 8.27. The molecule has 2 N–H and O–H groups in total. The first-order chi connectivity index (χ1) is 5.25. The van der Waals surface area contributed by atoms with E-state index in [0.717, 1.165) is 0 Å². The lowest BCUT2D eigenvalue weighted by molar-refractivity contribution is 0.0999. The largest absolute Gasteiger partial charge is 0.366 e. The van der Waals surface area contributed by atoms with E-state index in [1.807, 2.05) is 0 Å². The van der Waals surface area contributed by atoms with Crippen molar-refractivity contribution in [1.82, 2.24) is 4.98 Å². The number of amides is 1. The maximum Gasteiger partial charge on any atom is 0.250 e. The third kappa shape index (κ3) is 1.68. The summed E-state index contributed by atoms with van der Waals surface area (Å²) in [7, 11) is 0. The Morgan fingerprint density at radius 2 is 2.45 bits per heavy atom. The number of hydrogen-bond acceptors (Lipinski definition) is 2. The first-order valence-electron chi connectivity index (χ1n) is 3.04. The molecule has 11 heavy (non-hydrogen) atoms. The average Bonchev–Trinajstić information content (AvgIpc) is 2.04. The number of aromatic nitrogens is 1. The highest BCUT2D eigenvalue weighted by Gasteiger charge is 2.05. The molecule has 4 heteroatoms. The van der Waals surface area contributed by atoms with Crippen molar-refractivity contribution in [2.75, 3.05) is 0 Å². The van der Waals surface area contributed by atoms with Crippen LogP contribution in [0.1, 0.15) is 15.9 Å². The van der Waals surface area contributed by atoms with Gasteiger partial charge in [-0.1, -0.05) is 0 Å². The summed E-state index contributed by atoms with van der Waals surface area (Å²) in [5.74, 6) is -0.213. The summed E-state index contributed by atoms with van der Waals surface area (Å²) in [5.41, 5.74) is 6.16. The van der Waals surface area contributed by atoms with E-state index >= 15 is 0 Å². The topological polar surface area (TPSA) is 56.0 Å². The normalized spacial score (nSPS) is 9.55. The average molecular weight is 171 g/mol. The summed E-state index contributed by atoms with van der Waals surface area (Å²) in [6, 6.07) is 1.67. The molecule has 0 radical (unpaired) electrons. The summed E-state index contributed by atoms with van der Waals surface area (Å²) in [6.45, 7) is 0. The minimum absolute atomic E-state index is 0.279. The lowest BCUT2D eigenvalue weighted by Crippen LogP contribution is -2.13. The van der Waals surface area contributed by atoms with Gasteiger partial charge in [0.1, 0.15) is 0 Å². The molecule has 3 nitrogen and oxygen atoms in total. The standard InChI is InChI=1S/C7H7ClN2O/c8-3-5-1-2-10-4-6(5)7(9)11/h1-2,4H,3H2,(H2,9,11). The van der Waals surface area contributed by atoms with Gasteiger partial charge in [0.15, 0.2) is 0 Å². The molecule has 1 aromatic heterocycles. The number of nitrogens with zero attached hydrogens (tertiary/aromatic N) is 1. The Balaban J connectivity index is 3.12. The third-order valence-corrected chi connectivity index (χ3v) is 1.61. The van der Waals surface area contributed by atoms with Crippen LogP contribution >= 0.6 is 11.6 Å². The van der Waals surface area contributed by atoms with Crippen molar-refractivity contribution >= 4 is 17.5 Å². The molecule has 0 aliphatic rings. The van der Waals surface area contributed by atoms with Crippen molar-refractivity contribution in [3.63, 3.8) is 0 Å². The number of primary amides is 1. The van der Waals surface area contributed by atoms with Crippen LogP contribution in [-0.4, -0.2) is 10.9 Å². The molecular weight excluding hydrogens is 164 g/mol. The quantitative estimate of drug-likeness (QED) is 0.671. The SMILES string of the molecule is NC(=O)c1cnccc1CCl. The molecule has 0 saturated carbocycles. The van der Waals surface area contributed by atoms with Crippen LogP contribution in [0, 0.1) is 0 Å². The molecule has 0 atom stereocenters. The van der Waals surface area contributed by atoms with Crippen molar-refractivity contribution < 1.29 is 4.79 Å². The van der Waals surface area contributed by atoms with Gasteiger partial charge in [-0.25, -0.2) is 0 Å². The molecule has 1 heterocycles. The van der Waals surface area contributed by atoms with E-state index in [2.05, 4.69) is 4.98 Å². The van der Waals surface area contributed by atoms with E-state index in [-0.39, 0.29) is 5.88 Å². The first-order valence-corrected chi connectivity index (χ1v) is 3.58. The number of halogens is 1. The third-order valence-electron chi connectivity index (χ3n) is 1.32. The predicted octanol–water partition coefficient (Wildman–Crippen LogP) is 0.919. The Bertz CT molecular complexity index is 275. The van der Waals surface area contributed by atoms with Gasteiger partial charge in [0.25, 0.3) is 5.91 Å². The van der Waals surface area contributed by atoms with Crippen LogP contribution < -0.4 is 5.73 Å². The number of carbonyl (C=O) groups excluding carboxylic acids is 1. The first kappa shape index (κ1) is 8.01. The molecule has 0 spiro atoms. The van der Waals surface area contributed by atoms with Gasteiger partial charge in [0.2, 0.25) is 0 Å². The van der Waals surface area contributed by atoms with E-state index in [9.17, 15) is 4.79 Å². The molecule has 0 aliphatic heterocycles. The number of alkyl halides is 1. The number of hydrogen-bond donors (Lipinski definition) is 1. The van der Waals surface area contributed by atoms with Gasteiger partial charge >= 0.3 is 0 Å². The molecule has 58 valence electrons. The number of pyridine rings is 1. The second kappa shape index (κ2) is 3.34. The van der Waals surface area contributed by atoms with Crippen LogP contribution in [0.2, 0.25) is 0 Å². The summed E-state index contributed by atoms with van der Waals surface area (Å²) in [4.78, 5) is 14.5. The van der Waals surface area contributed by atoms with Gasteiger partial charge in [-0.3, -0.25) is 9.78 Å². The molecule has 1 amide bonds. The Morgan fingerprint density at radius 3 is 2.91 bits per heavy atom. The minimum atomic E-state index is -0.492. The predicted molar refractivity (Wildman–Crippen MR) is 42.3 cm³/mol. The monoisotopic (exact) mass is 170 g/mol. The maximum absolute atomic E-state index is 10.7. The van der Waals surface area contributed by atoms with Crippen LogP contribution in [0.4, 0.5) is 0 Å². The van der Waals surface area contributed by atoms with Crippen LogP contribution in [-0.2, 0) is 5.88 Å². The molecule has 0 saturated heterocycles. The second-order valence-corrected chi connectivity index (χ2v) is 2.30. The van der Waals surface area contributed by atoms with Crippen LogP contribution in [0.15, 0.2) is 18.5 Å². The van der Waals surface area contributed by atoms with Gasteiger partial charge < -0.3 is 5.73 Å². The Hall–Kier alpha value is -1.09. The van der Waals surface area contributed by atoms with Crippen molar-refractivity contribution in [2.45, 2.75) is 5.88 Å². The Morgan fingerprint density at radius 1 is 1.73 bits per heavy atom. The molecule has 1 rings (SSSR count). The van der Waals surface area contributed by atoms with E-state index < -0.39 is 5.91 Å². The number of rotatable bonds is 2. The van der Waals surface area contributed by atoms with Crippen LogP contribution in [0.3, 0.4) is 0 Å². The smallest absolute Gasteiger partial charge is 0.250 e. The highest BCUT2D eigenvalue weighted by atomic mass is 35.5. The molecular formula is C7H7ClN2O. The van der Waals surface area contributed by atoms with Gasteiger partial charge in [-0.15, -0.1) is 11.6 Å². The second-order valence-electron chi connectivity index (χ2n) is 2.03. The molecule has 0 bridgehead atoms. The Kier molecular flexibility index (Phi) is 2.44. The van der Waals surface area contributed by atoms with Crippen LogP contribution in [0.5, 0.6) is 0 Å². The molecule has 0 aromatic carbocycles. The van der Waals surface area contributed by atoms with E-state index in [4.69, 9.17) is 17.3 Å². The number of carbonyl (C=O) groups is 1. The van der Waals surface area contributed by atoms with Crippen molar-refractivity contribution in [3.8, 4) is 0 Å². The summed E-state index contributed by atoms with van der Waals surface area (Å²) in [5, 5.41) is 0. The van der Waals surface area contributed by atoms with Gasteiger partial charge in [-0.05, 0) is 11.6 Å². The fourth-order valence-corrected chi connectivity index (χ4v) is 0.995. The van der Waals surface area contributed by atoms with Gasteiger partial charge in [-0.2, -0.15) is 0 Å². The van der Waals surface area contributed by atoms with Crippen LogP contribution in [0.25, 0.3) is 0 Å². The van der Waals surface area contributed by atoms with Crippen molar-refractivity contribution in [2.24, 2.45) is 5.73 Å². The van der Waals surface area contributed by atoms with E-state index in [1.165, 1.54) is 6.20 Å². The fourth-order valence-electron chi connectivity index (χ4n) is 0.762. The van der Waals surface area contributed by atoms with Gasteiger partial charge in [0, 0.05) is 18.3 Å². The maximum atomic E-state index is 10.7. The fraction of sp³-hybridized carbons (Fsp3) is 0.143. The Labute approximate surface area is 69.2 Å². The lowest BCUT2D eigenvalue weighted by Gasteiger charge is -1.99. The molecule has 0 fully saturated rings. The summed E-state index contributed by atoms with van der Waals surface area (Å²) < 4.78 is 0. The molecule has 0 unspecified atom stereocenters. The molecule has 0 aliphatic carbocycles. The minimum Gasteiger partial charge on any atom is -0.366 e. The zero-order valence-electron chi connectivity index (χ0n) is 5.75. The van der Waals surface area contributed by atoms with Crippen molar-refractivity contribution in [3.05, 3.63) is 29.6 Å². The summed E-state index contributed by atoms with van der Waals surface area (Å²) in [6.07, 6.45) is 2.99.